The van der Waals surface area contributed by atoms with Crippen molar-refractivity contribution < 1.29 is 13.2 Å². The number of ether oxygens (including phenoxy) is 1. The molecule has 0 bridgehead atoms. The Bertz CT molecular complexity index is 164. The van der Waals surface area contributed by atoms with Crippen molar-refractivity contribution in [1.82, 2.24) is 4.72 Å². The van der Waals surface area contributed by atoms with Gasteiger partial charge < -0.3 is 4.74 Å². The highest BCUT2D eigenvalue weighted by atomic mass is 32.2. The van der Waals surface area contributed by atoms with E-state index in [9.17, 15) is 8.42 Å². The van der Waals surface area contributed by atoms with E-state index >= 15 is 0 Å². The zero-order valence-electron chi connectivity index (χ0n) is 5.83. The number of hydrogen-bond donors (Lipinski definition) is 1. The molecule has 0 aromatic carbocycles. The maximum atomic E-state index is 10.4. The third-order valence-electron chi connectivity index (χ3n) is 0.803. The van der Waals surface area contributed by atoms with Crippen LogP contribution < -0.4 is 4.72 Å². The van der Waals surface area contributed by atoms with E-state index < -0.39 is 10.0 Å². The molecule has 1 N–H and O–H groups in total. The van der Waals surface area contributed by atoms with Crippen LogP contribution in [0.25, 0.3) is 0 Å². The molecule has 0 aliphatic rings. The Morgan fingerprint density at radius 3 is 2.60 bits per heavy atom. The predicted octanol–water partition coefficient (Wildman–Crippen LogP) is -0.389. The molecular formula is C5H11NO3S. The van der Waals surface area contributed by atoms with Gasteiger partial charge in [0.1, 0.15) is 7.11 Å². The average molecular weight is 165 g/mol. The molecule has 0 atom stereocenters. The van der Waals surface area contributed by atoms with E-state index in [1.54, 1.807) is 0 Å². The first-order valence-corrected chi connectivity index (χ1v) is 4.72. The minimum Gasteiger partial charge on any atom is -0.373 e. The van der Waals surface area contributed by atoms with Crippen molar-refractivity contribution in [2.24, 2.45) is 0 Å². The van der Waals surface area contributed by atoms with Gasteiger partial charge in [0, 0.05) is 13.2 Å². The van der Waals surface area contributed by atoms with Gasteiger partial charge in [0.05, 0.1) is 6.26 Å². The highest BCUT2D eigenvalue weighted by Gasteiger charge is 1.97. The summed E-state index contributed by atoms with van der Waals surface area (Å²) in [7, 11) is 1.65. The molecule has 5 heteroatoms. The molecule has 0 unspecified atom stereocenters. The minimum absolute atomic E-state index is 0.364. The monoisotopic (exact) mass is 165 g/mol. The van der Waals surface area contributed by atoms with Gasteiger partial charge in [-0.15, -0.1) is 0 Å². The van der Waals surface area contributed by atoms with Gasteiger partial charge in [-0.05, 0) is 6.42 Å². The minimum atomic E-state index is -3.05. The van der Waals surface area contributed by atoms with Gasteiger partial charge in [0.25, 0.3) is 0 Å². The van der Waals surface area contributed by atoms with Crippen LogP contribution in [-0.2, 0) is 14.8 Å². The molecule has 0 heterocycles. The van der Waals surface area contributed by atoms with E-state index in [1.807, 2.05) is 0 Å². The van der Waals surface area contributed by atoms with Crippen LogP contribution in [0.15, 0.2) is 0 Å². The zero-order chi connectivity index (χ0) is 8.04. The molecule has 0 aliphatic carbocycles. The second-order valence-corrected chi connectivity index (χ2v) is 3.72. The van der Waals surface area contributed by atoms with Crippen molar-refractivity contribution in [3.63, 3.8) is 0 Å². The molecule has 10 heavy (non-hydrogen) atoms. The van der Waals surface area contributed by atoms with Gasteiger partial charge in [-0.2, -0.15) is 0 Å². The number of rotatable bonds is 5. The molecule has 0 saturated carbocycles. The number of hydrogen-bond acceptors (Lipinski definition) is 3. The van der Waals surface area contributed by atoms with Crippen molar-refractivity contribution >= 4 is 10.0 Å². The Morgan fingerprint density at radius 2 is 2.20 bits per heavy atom. The molecule has 0 amide bonds. The van der Waals surface area contributed by atoms with Crippen LogP contribution in [0, 0.1) is 7.11 Å². The normalized spacial score (nSPS) is 11.8. The van der Waals surface area contributed by atoms with Crippen LogP contribution in [0.5, 0.6) is 0 Å². The van der Waals surface area contributed by atoms with Gasteiger partial charge in [0.2, 0.25) is 10.0 Å². The fraction of sp³-hybridized carbons (Fsp3) is 0.800. The number of sulfonamides is 1. The lowest BCUT2D eigenvalue weighted by atomic mass is 10.5. The van der Waals surface area contributed by atoms with E-state index in [4.69, 9.17) is 7.11 Å². The smallest absolute Gasteiger partial charge is 0.208 e. The first kappa shape index (κ1) is 9.87. The Labute approximate surface area is 61.6 Å². The Hall–Kier alpha value is -0.130. The third-order valence-corrected chi connectivity index (χ3v) is 1.53. The summed E-state index contributed by atoms with van der Waals surface area (Å²) < 4.78 is 27.3. The molecule has 4 nitrogen and oxygen atoms in total. The Kier molecular flexibility index (Phi) is 4.59. The first-order valence-electron chi connectivity index (χ1n) is 2.82. The van der Waals surface area contributed by atoms with Crippen LogP contribution in [-0.4, -0.2) is 27.8 Å². The third kappa shape index (κ3) is 7.87. The van der Waals surface area contributed by atoms with Crippen LogP contribution >= 0.6 is 0 Å². The van der Waals surface area contributed by atoms with Crippen LogP contribution in [0.4, 0.5) is 0 Å². The second kappa shape index (κ2) is 4.65. The SMILES string of the molecule is [CH]OCCCNS(C)(=O)=O. The summed E-state index contributed by atoms with van der Waals surface area (Å²) in [5.41, 5.74) is 0. The Balaban J connectivity index is 3.21. The molecule has 0 rings (SSSR count). The topological polar surface area (TPSA) is 55.4 Å². The molecule has 0 fully saturated rings. The molecular weight excluding hydrogens is 154 g/mol. The standard InChI is InChI=1S/C5H11NO3S/c1-9-5-3-4-6-10(2,7)8/h1,6H,3-5H2,2H3. The van der Waals surface area contributed by atoms with Crippen molar-refractivity contribution in [3.8, 4) is 0 Å². The molecule has 0 spiro atoms. The molecule has 0 aliphatic heterocycles. The summed E-state index contributed by atoms with van der Waals surface area (Å²) in [6, 6.07) is 0. The van der Waals surface area contributed by atoms with Crippen LogP contribution in [0.1, 0.15) is 6.42 Å². The van der Waals surface area contributed by atoms with Crippen molar-refractivity contribution in [1.29, 1.82) is 0 Å². The van der Waals surface area contributed by atoms with Crippen LogP contribution in [0.3, 0.4) is 0 Å². The van der Waals surface area contributed by atoms with E-state index in [0.717, 1.165) is 6.26 Å². The summed E-state index contributed by atoms with van der Waals surface area (Å²) in [4.78, 5) is 0. The summed E-state index contributed by atoms with van der Waals surface area (Å²) in [6.07, 6.45) is 1.69. The summed E-state index contributed by atoms with van der Waals surface area (Å²) in [5, 5.41) is 0. The van der Waals surface area contributed by atoms with Crippen LogP contribution in [0.2, 0.25) is 0 Å². The second-order valence-electron chi connectivity index (χ2n) is 1.89. The van der Waals surface area contributed by atoms with Gasteiger partial charge >= 0.3 is 0 Å². The fourth-order valence-corrected chi connectivity index (χ4v) is 0.928. The van der Waals surface area contributed by atoms with Gasteiger partial charge in [-0.25, -0.2) is 13.1 Å². The van der Waals surface area contributed by atoms with Crippen molar-refractivity contribution in [2.45, 2.75) is 6.42 Å². The molecule has 2 radical (unpaired) electrons. The van der Waals surface area contributed by atoms with Gasteiger partial charge in [-0.1, -0.05) is 0 Å². The zero-order valence-corrected chi connectivity index (χ0v) is 6.65. The summed E-state index contributed by atoms with van der Waals surface area (Å²) in [5.74, 6) is 0. The van der Waals surface area contributed by atoms with E-state index in [1.165, 1.54) is 0 Å². The first-order chi connectivity index (χ1) is 4.56. The van der Waals surface area contributed by atoms with E-state index in [0.29, 0.717) is 19.6 Å². The van der Waals surface area contributed by atoms with Gasteiger partial charge in [0.15, 0.2) is 0 Å². The lowest BCUT2D eigenvalue weighted by molar-refractivity contribution is 0.238. The highest BCUT2D eigenvalue weighted by Crippen LogP contribution is 1.80. The Morgan fingerprint density at radius 1 is 1.60 bits per heavy atom. The number of nitrogens with one attached hydrogen (secondary N) is 1. The lowest BCUT2D eigenvalue weighted by Crippen LogP contribution is -2.23. The summed E-state index contributed by atoms with van der Waals surface area (Å²) >= 11 is 0. The fourth-order valence-electron chi connectivity index (χ4n) is 0.413. The molecule has 60 valence electrons. The van der Waals surface area contributed by atoms with E-state index in [2.05, 4.69) is 9.46 Å². The maximum Gasteiger partial charge on any atom is 0.208 e. The molecule has 0 aromatic heterocycles. The maximum absolute atomic E-state index is 10.4. The quantitative estimate of drug-likeness (QED) is 0.564. The largest absolute Gasteiger partial charge is 0.373 e. The van der Waals surface area contributed by atoms with Crippen molar-refractivity contribution in [2.75, 3.05) is 19.4 Å². The van der Waals surface area contributed by atoms with E-state index in [-0.39, 0.29) is 0 Å². The summed E-state index contributed by atoms with van der Waals surface area (Å²) in [6.45, 7) is 0.735. The molecule has 0 aromatic rings. The molecule has 0 saturated heterocycles. The van der Waals surface area contributed by atoms with Crippen molar-refractivity contribution in [3.05, 3.63) is 7.11 Å². The van der Waals surface area contributed by atoms with Gasteiger partial charge in [-0.3, -0.25) is 0 Å². The lowest BCUT2D eigenvalue weighted by Gasteiger charge is -1.99. The predicted molar refractivity (Wildman–Crippen MR) is 37.7 cm³/mol. The average Bonchev–Trinajstić information content (AvgIpc) is 1.78. The highest BCUT2D eigenvalue weighted by molar-refractivity contribution is 7.88.